The van der Waals surface area contributed by atoms with Gasteiger partial charge in [0.1, 0.15) is 5.84 Å². The summed E-state index contributed by atoms with van der Waals surface area (Å²) < 4.78 is 10.5. The maximum atomic E-state index is 11.8. The normalized spacial score (nSPS) is 12.8. The molecule has 0 fully saturated rings. The third kappa shape index (κ3) is 2.30. The van der Waals surface area contributed by atoms with E-state index in [1.807, 2.05) is 30.3 Å². The zero-order valence-corrected chi connectivity index (χ0v) is 12.4. The number of carbonyl (C=O) groups excluding carboxylic acids is 1. The molecule has 1 aliphatic heterocycles. The molecule has 3 rings (SSSR count). The molecule has 2 aromatic carbocycles. The monoisotopic (exact) mass is 296 g/mol. The van der Waals surface area contributed by atoms with E-state index in [0.29, 0.717) is 29.0 Å². The minimum atomic E-state index is -0.214. The first-order chi connectivity index (χ1) is 10.6. The second kappa shape index (κ2) is 5.52. The molecule has 1 aliphatic rings. The number of rotatable bonds is 4. The van der Waals surface area contributed by atoms with E-state index in [9.17, 15) is 4.79 Å². The molecule has 112 valence electrons. The second-order valence-electron chi connectivity index (χ2n) is 5.03. The molecule has 2 aromatic rings. The van der Waals surface area contributed by atoms with Crippen molar-refractivity contribution < 1.29 is 14.3 Å². The van der Waals surface area contributed by atoms with Gasteiger partial charge in [-0.1, -0.05) is 18.2 Å². The Morgan fingerprint density at radius 2 is 1.86 bits per heavy atom. The number of amidine groups is 1. The van der Waals surface area contributed by atoms with E-state index < -0.39 is 0 Å². The molecule has 2 N–H and O–H groups in total. The van der Waals surface area contributed by atoms with Gasteiger partial charge in [0.25, 0.3) is 5.91 Å². The summed E-state index contributed by atoms with van der Waals surface area (Å²) in [6, 6.07) is 11.2. The zero-order chi connectivity index (χ0) is 15.7. The molecule has 0 aromatic heterocycles. The Bertz CT molecular complexity index is 768. The maximum Gasteiger partial charge on any atom is 0.257 e. The van der Waals surface area contributed by atoms with Crippen molar-refractivity contribution in [1.82, 2.24) is 5.32 Å². The Morgan fingerprint density at radius 3 is 2.59 bits per heavy atom. The summed E-state index contributed by atoms with van der Waals surface area (Å²) in [6.45, 7) is 0. The van der Waals surface area contributed by atoms with Crippen LogP contribution in [0.2, 0.25) is 0 Å². The van der Waals surface area contributed by atoms with Gasteiger partial charge in [-0.05, 0) is 35.7 Å². The van der Waals surface area contributed by atoms with Crippen LogP contribution in [0.3, 0.4) is 0 Å². The van der Waals surface area contributed by atoms with E-state index in [4.69, 9.17) is 14.9 Å². The van der Waals surface area contributed by atoms with Gasteiger partial charge in [0.05, 0.1) is 19.8 Å². The number of ether oxygens (including phenoxy) is 2. The molecule has 0 unspecified atom stereocenters. The smallest absolute Gasteiger partial charge is 0.257 e. The molecule has 0 radical (unpaired) electrons. The van der Waals surface area contributed by atoms with Gasteiger partial charge in [0, 0.05) is 5.56 Å². The van der Waals surface area contributed by atoms with Crippen molar-refractivity contribution in [2.45, 2.75) is 6.42 Å². The lowest BCUT2D eigenvalue weighted by Crippen LogP contribution is -2.20. The van der Waals surface area contributed by atoms with Crippen molar-refractivity contribution in [2.75, 3.05) is 14.2 Å². The molecule has 0 saturated carbocycles. The average Bonchev–Trinajstić information content (AvgIpc) is 2.83. The van der Waals surface area contributed by atoms with E-state index in [2.05, 4.69) is 5.32 Å². The first-order valence-corrected chi connectivity index (χ1v) is 6.87. The highest BCUT2D eigenvalue weighted by molar-refractivity contribution is 6.23. The van der Waals surface area contributed by atoms with Crippen LogP contribution in [0.1, 0.15) is 27.0 Å². The standard InChI is InChI=1S/C17H16N2O3/c1-21-13-7-6-10(9-14(13)22-2)8-11-4-3-5-12-15(11)16(18)19-17(12)20/h3-7,9H,8H2,1-2H3,(H2,18,19,20). The van der Waals surface area contributed by atoms with Crippen molar-refractivity contribution >= 4 is 11.7 Å². The summed E-state index contributed by atoms with van der Waals surface area (Å²) in [6.07, 6.45) is 0.612. The van der Waals surface area contributed by atoms with Gasteiger partial charge in [-0.15, -0.1) is 0 Å². The Kier molecular flexibility index (Phi) is 3.55. The third-order valence-electron chi connectivity index (χ3n) is 3.73. The molecule has 0 aliphatic carbocycles. The number of fused-ring (bicyclic) bond motifs is 1. The van der Waals surface area contributed by atoms with Gasteiger partial charge in [-0.2, -0.15) is 0 Å². The van der Waals surface area contributed by atoms with Gasteiger partial charge in [-0.25, -0.2) is 0 Å². The van der Waals surface area contributed by atoms with E-state index in [1.54, 1.807) is 20.3 Å². The maximum absolute atomic E-state index is 11.8. The van der Waals surface area contributed by atoms with Gasteiger partial charge in [0.2, 0.25) is 0 Å². The van der Waals surface area contributed by atoms with Crippen molar-refractivity contribution in [2.24, 2.45) is 0 Å². The van der Waals surface area contributed by atoms with Crippen LogP contribution < -0.4 is 14.8 Å². The Morgan fingerprint density at radius 1 is 1.09 bits per heavy atom. The first kappa shape index (κ1) is 14.1. The molecule has 0 bridgehead atoms. The molecule has 1 heterocycles. The van der Waals surface area contributed by atoms with Crippen molar-refractivity contribution in [3.05, 3.63) is 58.7 Å². The van der Waals surface area contributed by atoms with Crippen molar-refractivity contribution in [1.29, 1.82) is 5.41 Å². The lowest BCUT2D eigenvalue weighted by atomic mass is 9.96. The van der Waals surface area contributed by atoms with Gasteiger partial charge >= 0.3 is 0 Å². The van der Waals surface area contributed by atoms with E-state index >= 15 is 0 Å². The number of hydrogen-bond donors (Lipinski definition) is 2. The van der Waals surface area contributed by atoms with Crippen molar-refractivity contribution in [3.63, 3.8) is 0 Å². The fourth-order valence-electron chi connectivity index (χ4n) is 2.69. The van der Waals surface area contributed by atoms with Crippen LogP contribution in [0.5, 0.6) is 11.5 Å². The van der Waals surface area contributed by atoms with E-state index in [0.717, 1.165) is 11.1 Å². The van der Waals surface area contributed by atoms with Gasteiger partial charge in [0.15, 0.2) is 11.5 Å². The fraction of sp³-hybridized carbons (Fsp3) is 0.176. The molecular formula is C17H16N2O3. The third-order valence-corrected chi connectivity index (χ3v) is 3.73. The molecule has 0 saturated heterocycles. The van der Waals surface area contributed by atoms with Crippen LogP contribution in [0.25, 0.3) is 0 Å². The van der Waals surface area contributed by atoms with Crippen LogP contribution in [0.15, 0.2) is 36.4 Å². The number of nitrogens with one attached hydrogen (secondary N) is 2. The molecule has 5 heteroatoms. The van der Waals surface area contributed by atoms with Crippen LogP contribution >= 0.6 is 0 Å². The van der Waals surface area contributed by atoms with Crippen molar-refractivity contribution in [3.8, 4) is 11.5 Å². The molecule has 0 atom stereocenters. The molecule has 0 spiro atoms. The van der Waals surface area contributed by atoms with Crippen LogP contribution in [0.4, 0.5) is 0 Å². The quantitative estimate of drug-likeness (QED) is 0.910. The first-order valence-electron chi connectivity index (χ1n) is 6.87. The van der Waals surface area contributed by atoms with Crippen LogP contribution in [-0.2, 0) is 6.42 Å². The number of carbonyl (C=O) groups is 1. The van der Waals surface area contributed by atoms with E-state index in [-0.39, 0.29) is 11.7 Å². The molecule has 22 heavy (non-hydrogen) atoms. The minimum Gasteiger partial charge on any atom is -0.493 e. The van der Waals surface area contributed by atoms with Crippen LogP contribution in [0, 0.1) is 5.41 Å². The zero-order valence-electron chi connectivity index (χ0n) is 12.4. The average molecular weight is 296 g/mol. The summed E-state index contributed by atoms with van der Waals surface area (Å²) in [4.78, 5) is 11.8. The Balaban J connectivity index is 1.98. The number of benzene rings is 2. The number of amides is 1. The highest BCUT2D eigenvalue weighted by Crippen LogP contribution is 2.29. The topological polar surface area (TPSA) is 71.4 Å². The second-order valence-corrected chi connectivity index (χ2v) is 5.03. The fourth-order valence-corrected chi connectivity index (χ4v) is 2.69. The Labute approximate surface area is 128 Å². The van der Waals surface area contributed by atoms with Gasteiger partial charge in [-0.3, -0.25) is 10.2 Å². The molecule has 5 nitrogen and oxygen atoms in total. The van der Waals surface area contributed by atoms with E-state index in [1.165, 1.54) is 0 Å². The largest absolute Gasteiger partial charge is 0.493 e. The summed E-state index contributed by atoms with van der Waals surface area (Å²) >= 11 is 0. The van der Waals surface area contributed by atoms with Gasteiger partial charge < -0.3 is 14.8 Å². The lowest BCUT2D eigenvalue weighted by Gasteiger charge is -2.11. The summed E-state index contributed by atoms with van der Waals surface area (Å²) in [5.74, 6) is 1.29. The Hall–Kier alpha value is -2.82. The summed E-state index contributed by atoms with van der Waals surface area (Å²) in [5, 5.41) is 10.5. The number of methoxy groups -OCH3 is 2. The summed E-state index contributed by atoms with van der Waals surface area (Å²) in [5.41, 5.74) is 3.21. The SMILES string of the molecule is COc1ccc(Cc2cccc3c2C(=N)NC3=O)cc1OC. The summed E-state index contributed by atoms with van der Waals surface area (Å²) in [7, 11) is 3.19. The minimum absolute atomic E-state index is 0.163. The lowest BCUT2D eigenvalue weighted by molar-refractivity contribution is 0.0983. The predicted molar refractivity (Wildman–Crippen MR) is 83.1 cm³/mol. The molecule has 1 amide bonds. The number of hydrogen-bond acceptors (Lipinski definition) is 4. The van der Waals surface area contributed by atoms with Crippen LogP contribution in [-0.4, -0.2) is 26.0 Å². The highest BCUT2D eigenvalue weighted by Gasteiger charge is 2.26. The molecular weight excluding hydrogens is 280 g/mol. The predicted octanol–water partition coefficient (Wildman–Crippen LogP) is 2.36. The highest BCUT2D eigenvalue weighted by atomic mass is 16.5.